The van der Waals surface area contributed by atoms with Gasteiger partial charge in [0.2, 0.25) is 10.0 Å². The quantitative estimate of drug-likeness (QED) is 0.446. The molecule has 4 aromatic rings. The van der Waals surface area contributed by atoms with Gasteiger partial charge in [0.25, 0.3) is 0 Å². The zero-order valence-corrected chi connectivity index (χ0v) is 17.2. The Morgan fingerprint density at radius 3 is 2.72 bits per heavy atom. The topological polar surface area (TPSA) is 96.1 Å². The van der Waals surface area contributed by atoms with Crippen LogP contribution in [0.25, 0.3) is 21.8 Å². The van der Waals surface area contributed by atoms with Crippen molar-refractivity contribution >= 4 is 43.2 Å². The van der Waals surface area contributed by atoms with Crippen LogP contribution in [0.3, 0.4) is 0 Å². The second kappa shape index (κ2) is 7.29. The number of hydrogen-bond acceptors (Lipinski definition) is 5. The zero-order valence-electron chi connectivity index (χ0n) is 16.4. The lowest BCUT2D eigenvalue weighted by Gasteiger charge is -2.13. The molecule has 29 heavy (non-hydrogen) atoms. The van der Waals surface area contributed by atoms with E-state index in [2.05, 4.69) is 32.1 Å². The van der Waals surface area contributed by atoms with Crippen molar-refractivity contribution in [1.82, 2.24) is 9.97 Å². The number of H-pyrrole nitrogens is 1. The number of aromatic amines is 1. The van der Waals surface area contributed by atoms with Gasteiger partial charge < -0.3 is 15.0 Å². The lowest BCUT2D eigenvalue weighted by molar-refractivity contribution is 0.416. The minimum Gasteiger partial charge on any atom is -0.495 e. The number of sulfonamides is 1. The molecule has 0 aliphatic heterocycles. The van der Waals surface area contributed by atoms with Gasteiger partial charge in [-0.05, 0) is 42.8 Å². The lowest BCUT2D eigenvalue weighted by atomic mass is 10.1. The number of anilines is 2. The second-order valence-electron chi connectivity index (χ2n) is 6.99. The van der Waals surface area contributed by atoms with Gasteiger partial charge in [0.1, 0.15) is 5.75 Å². The summed E-state index contributed by atoms with van der Waals surface area (Å²) < 4.78 is 30.8. The molecule has 0 radical (unpaired) electrons. The normalized spacial score (nSPS) is 11.7. The van der Waals surface area contributed by atoms with Gasteiger partial charge in [-0.15, -0.1) is 0 Å². The minimum atomic E-state index is -3.35. The largest absolute Gasteiger partial charge is 0.495 e. The highest BCUT2D eigenvalue weighted by atomic mass is 32.2. The first-order valence-corrected chi connectivity index (χ1v) is 11.0. The third-order valence-corrected chi connectivity index (χ3v) is 5.32. The Morgan fingerprint density at radius 1 is 1.14 bits per heavy atom. The first kappa shape index (κ1) is 19.1. The summed E-state index contributed by atoms with van der Waals surface area (Å²) in [5.74, 6) is 0.552. The van der Waals surface area contributed by atoms with E-state index in [0.29, 0.717) is 18.0 Å². The van der Waals surface area contributed by atoms with Crippen LogP contribution in [-0.2, 0) is 16.6 Å². The molecule has 0 atom stereocenters. The zero-order chi connectivity index (χ0) is 20.6. The van der Waals surface area contributed by atoms with Crippen LogP contribution in [0.5, 0.6) is 5.75 Å². The van der Waals surface area contributed by atoms with Crippen molar-refractivity contribution in [2.45, 2.75) is 13.5 Å². The van der Waals surface area contributed by atoms with E-state index < -0.39 is 10.0 Å². The fourth-order valence-corrected chi connectivity index (χ4v) is 4.00. The number of pyridine rings is 1. The van der Waals surface area contributed by atoms with Gasteiger partial charge in [-0.3, -0.25) is 9.71 Å². The molecule has 150 valence electrons. The lowest BCUT2D eigenvalue weighted by Crippen LogP contribution is -2.10. The van der Waals surface area contributed by atoms with Gasteiger partial charge in [-0.2, -0.15) is 0 Å². The highest BCUT2D eigenvalue weighted by molar-refractivity contribution is 7.92. The van der Waals surface area contributed by atoms with Crippen LogP contribution in [0, 0.1) is 6.92 Å². The second-order valence-corrected chi connectivity index (χ2v) is 8.74. The Balaban J connectivity index is 1.65. The molecule has 2 aromatic carbocycles. The monoisotopic (exact) mass is 410 g/mol. The standard InChI is InChI=1S/C21H22N4O3S/c1-13-4-6-16-17(24-13)8-9-19-21(16)14(12-23-19)11-22-18-7-5-15(10-20(18)28-2)25-29(3,26)27/h4-10,12,22,24-25H,11H2,1-3H3. The van der Waals surface area contributed by atoms with E-state index in [1.54, 1.807) is 25.3 Å². The third-order valence-electron chi connectivity index (χ3n) is 4.71. The molecule has 8 heteroatoms. The highest BCUT2D eigenvalue weighted by Crippen LogP contribution is 2.31. The van der Waals surface area contributed by atoms with Crippen LogP contribution >= 0.6 is 0 Å². The van der Waals surface area contributed by atoms with Gasteiger partial charge in [0.15, 0.2) is 0 Å². The molecule has 0 saturated carbocycles. The molecule has 0 unspecified atom stereocenters. The molecule has 0 saturated heterocycles. The minimum absolute atomic E-state index is 0.451. The highest BCUT2D eigenvalue weighted by Gasteiger charge is 2.11. The maximum atomic E-state index is 11.4. The number of nitrogens with one attached hydrogen (secondary N) is 3. The molecule has 0 amide bonds. The molecular formula is C21H22N4O3S. The van der Waals surface area contributed by atoms with Crippen LogP contribution in [0.4, 0.5) is 11.4 Å². The Bertz CT molecular complexity index is 1310. The summed E-state index contributed by atoms with van der Waals surface area (Å²) in [6.07, 6.45) is 2.99. The number of aryl methyl sites for hydroxylation is 1. The van der Waals surface area contributed by atoms with Crippen molar-refractivity contribution in [2.75, 3.05) is 23.4 Å². The van der Waals surface area contributed by atoms with Crippen LogP contribution < -0.4 is 14.8 Å². The molecule has 7 nitrogen and oxygen atoms in total. The van der Waals surface area contributed by atoms with E-state index in [0.717, 1.165) is 45.0 Å². The summed E-state index contributed by atoms with van der Waals surface area (Å²) in [4.78, 5) is 7.93. The van der Waals surface area contributed by atoms with Crippen molar-refractivity contribution in [3.63, 3.8) is 0 Å². The average molecular weight is 410 g/mol. The van der Waals surface area contributed by atoms with Gasteiger partial charge in [-0.1, -0.05) is 6.07 Å². The van der Waals surface area contributed by atoms with E-state index in [1.165, 1.54) is 0 Å². The van der Waals surface area contributed by atoms with Crippen LogP contribution in [0.2, 0.25) is 0 Å². The molecule has 2 heterocycles. The molecule has 0 spiro atoms. The predicted octanol–water partition coefficient (Wildman–Crippen LogP) is 4.02. The Kier molecular flexibility index (Phi) is 4.79. The number of hydrogen-bond donors (Lipinski definition) is 3. The molecule has 3 N–H and O–H groups in total. The van der Waals surface area contributed by atoms with Gasteiger partial charge in [-0.25, -0.2) is 8.42 Å². The fraction of sp³-hybridized carbons (Fsp3) is 0.190. The number of aromatic nitrogens is 2. The average Bonchev–Trinajstić information content (AvgIpc) is 3.08. The first-order chi connectivity index (χ1) is 13.8. The van der Waals surface area contributed by atoms with E-state index >= 15 is 0 Å². The maximum absolute atomic E-state index is 11.4. The molecule has 0 bridgehead atoms. The van der Waals surface area contributed by atoms with Gasteiger partial charge in [0.05, 0.1) is 30.3 Å². The van der Waals surface area contributed by atoms with Crippen molar-refractivity contribution in [2.24, 2.45) is 0 Å². The number of nitrogens with zero attached hydrogens (tertiary/aromatic N) is 1. The van der Waals surface area contributed by atoms with Crippen LogP contribution in [0.15, 0.2) is 48.7 Å². The first-order valence-electron chi connectivity index (χ1n) is 9.10. The number of methoxy groups -OCH3 is 1. The molecule has 0 aliphatic carbocycles. The molecule has 0 fully saturated rings. The summed E-state index contributed by atoms with van der Waals surface area (Å²) >= 11 is 0. The Labute approximate surface area is 169 Å². The van der Waals surface area contributed by atoms with Crippen LogP contribution in [0.1, 0.15) is 11.3 Å². The molecular weight excluding hydrogens is 388 g/mol. The van der Waals surface area contributed by atoms with Crippen molar-refractivity contribution < 1.29 is 13.2 Å². The predicted molar refractivity (Wildman–Crippen MR) is 117 cm³/mol. The Morgan fingerprint density at radius 2 is 1.97 bits per heavy atom. The third kappa shape index (κ3) is 3.97. The van der Waals surface area contributed by atoms with E-state index in [4.69, 9.17) is 4.74 Å². The van der Waals surface area contributed by atoms with E-state index in [9.17, 15) is 8.42 Å². The summed E-state index contributed by atoms with van der Waals surface area (Å²) in [6, 6.07) is 13.4. The number of rotatable bonds is 6. The van der Waals surface area contributed by atoms with Crippen molar-refractivity contribution in [3.05, 3.63) is 59.9 Å². The number of ether oxygens (including phenoxy) is 1. The van der Waals surface area contributed by atoms with Crippen molar-refractivity contribution in [3.8, 4) is 5.75 Å². The van der Waals surface area contributed by atoms with E-state index in [1.807, 2.05) is 25.3 Å². The van der Waals surface area contributed by atoms with Gasteiger partial charge >= 0.3 is 0 Å². The molecule has 2 aromatic heterocycles. The smallest absolute Gasteiger partial charge is 0.229 e. The van der Waals surface area contributed by atoms with Crippen LogP contribution in [-0.4, -0.2) is 31.8 Å². The number of benzene rings is 2. The summed E-state index contributed by atoms with van der Waals surface area (Å²) in [7, 11) is -1.80. The molecule has 4 rings (SSSR count). The van der Waals surface area contributed by atoms with E-state index in [-0.39, 0.29) is 0 Å². The maximum Gasteiger partial charge on any atom is 0.229 e. The summed E-state index contributed by atoms with van der Waals surface area (Å²) in [5.41, 5.74) is 5.41. The summed E-state index contributed by atoms with van der Waals surface area (Å²) in [6.45, 7) is 2.59. The van der Waals surface area contributed by atoms with Crippen molar-refractivity contribution in [1.29, 1.82) is 0 Å². The summed E-state index contributed by atoms with van der Waals surface area (Å²) in [5, 5.41) is 5.61. The molecule has 0 aliphatic rings. The van der Waals surface area contributed by atoms with Gasteiger partial charge in [0, 0.05) is 40.8 Å². The Hall–Kier alpha value is -3.26. The fourth-order valence-electron chi connectivity index (χ4n) is 3.45. The SMILES string of the molecule is COc1cc(NS(C)(=O)=O)ccc1NCc1cnc2ccc3[nH]c(C)ccc3c12. The number of fused-ring (bicyclic) bond motifs is 3.